The van der Waals surface area contributed by atoms with E-state index in [1.807, 2.05) is 25.1 Å². The Morgan fingerprint density at radius 3 is 2.16 bits per heavy atom. The smallest absolute Gasteiger partial charge is 0.339 e. The molecule has 0 atom stereocenters. The van der Waals surface area contributed by atoms with Gasteiger partial charge in [-0.05, 0) is 42.8 Å². The van der Waals surface area contributed by atoms with Crippen LogP contribution in [0.15, 0.2) is 71.6 Å². The van der Waals surface area contributed by atoms with Gasteiger partial charge < -0.3 is 4.18 Å². The minimum atomic E-state index is -3.95. The number of halogens is 2. The van der Waals surface area contributed by atoms with Crippen LogP contribution in [0.25, 0.3) is 11.1 Å². The van der Waals surface area contributed by atoms with Crippen LogP contribution in [0.1, 0.15) is 5.56 Å². The standard InChI is InChI=1S/C19H14Cl2O3S/c1-13-6-9-15(10-7-13)25(22,23)24-19-11-8-14(12-18(19)21)16-4-2-3-5-17(16)20/h2-12H,1H3. The zero-order valence-electron chi connectivity index (χ0n) is 13.2. The minimum Gasteiger partial charge on any atom is -0.377 e. The van der Waals surface area contributed by atoms with E-state index in [1.165, 1.54) is 18.2 Å². The third-order valence-electron chi connectivity index (χ3n) is 3.63. The van der Waals surface area contributed by atoms with Crippen LogP contribution in [-0.4, -0.2) is 8.42 Å². The van der Waals surface area contributed by atoms with Gasteiger partial charge in [0.25, 0.3) is 0 Å². The van der Waals surface area contributed by atoms with E-state index in [-0.39, 0.29) is 15.7 Å². The predicted molar refractivity (Wildman–Crippen MR) is 101 cm³/mol. The summed E-state index contributed by atoms with van der Waals surface area (Å²) in [6.45, 7) is 1.88. The van der Waals surface area contributed by atoms with Crippen molar-refractivity contribution < 1.29 is 12.6 Å². The molecule has 0 N–H and O–H groups in total. The highest BCUT2D eigenvalue weighted by Gasteiger charge is 2.18. The molecule has 0 heterocycles. The second kappa shape index (κ2) is 7.08. The summed E-state index contributed by atoms with van der Waals surface area (Å²) in [7, 11) is -3.95. The largest absolute Gasteiger partial charge is 0.377 e. The Bertz CT molecular complexity index is 1010. The van der Waals surface area contributed by atoms with Gasteiger partial charge in [-0.1, -0.05) is 65.2 Å². The molecule has 0 radical (unpaired) electrons. The van der Waals surface area contributed by atoms with E-state index < -0.39 is 10.1 Å². The van der Waals surface area contributed by atoms with E-state index in [9.17, 15) is 8.42 Å². The molecular weight excluding hydrogens is 379 g/mol. The summed E-state index contributed by atoms with van der Waals surface area (Å²) >= 11 is 12.4. The van der Waals surface area contributed by atoms with Crippen molar-refractivity contribution in [2.75, 3.05) is 0 Å². The van der Waals surface area contributed by atoms with Crippen LogP contribution < -0.4 is 4.18 Å². The van der Waals surface area contributed by atoms with Gasteiger partial charge in [-0.15, -0.1) is 0 Å². The van der Waals surface area contributed by atoms with Crippen molar-refractivity contribution in [3.8, 4) is 16.9 Å². The first kappa shape index (κ1) is 17.8. The third kappa shape index (κ3) is 3.98. The summed E-state index contributed by atoms with van der Waals surface area (Å²) in [5, 5.41) is 0.771. The van der Waals surface area contributed by atoms with Gasteiger partial charge in [0.2, 0.25) is 0 Å². The Morgan fingerprint density at radius 1 is 0.840 bits per heavy atom. The van der Waals surface area contributed by atoms with Crippen molar-refractivity contribution in [1.29, 1.82) is 0 Å². The third-order valence-corrected chi connectivity index (χ3v) is 5.50. The summed E-state index contributed by atoms with van der Waals surface area (Å²) in [6.07, 6.45) is 0. The van der Waals surface area contributed by atoms with Crippen molar-refractivity contribution in [3.05, 3.63) is 82.3 Å². The maximum absolute atomic E-state index is 12.4. The van der Waals surface area contributed by atoms with Crippen LogP contribution in [0.2, 0.25) is 10.0 Å². The van der Waals surface area contributed by atoms with Crippen LogP contribution in [0.4, 0.5) is 0 Å². The highest BCUT2D eigenvalue weighted by molar-refractivity contribution is 7.87. The summed E-state index contributed by atoms with van der Waals surface area (Å²) in [6, 6.07) is 18.6. The maximum atomic E-state index is 12.4. The molecule has 0 saturated carbocycles. The van der Waals surface area contributed by atoms with E-state index in [0.717, 1.165) is 16.7 Å². The van der Waals surface area contributed by atoms with E-state index >= 15 is 0 Å². The lowest BCUT2D eigenvalue weighted by molar-refractivity contribution is 0.486. The molecule has 128 valence electrons. The van der Waals surface area contributed by atoms with Crippen molar-refractivity contribution in [2.24, 2.45) is 0 Å². The molecule has 6 heteroatoms. The monoisotopic (exact) mass is 392 g/mol. The molecule has 0 aliphatic carbocycles. The molecule has 0 aliphatic rings. The van der Waals surface area contributed by atoms with Crippen LogP contribution in [-0.2, 0) is 10.1 Å². The van der Waals surface area contributed by atoms with Crippen molar-refractivity contribution >= 4 is 33.3 Å². The number of hydrogen-bond donors (Lipinski definition) is 0. The van der Waals surface area contributed by atoms with Crippen LogP contribution in [0, 0.1) is 6.92 Å². The van der Waals surface area contributed by atoms with E-state index in [4.69, 9.17) is 27.4 Å². The molecule has 0 fully saturated rings. The Hall–Kier alpha value is -2.01. The number of hydrogen-bond acceptors (Lipinski definition) is 3. The predicted octanol–water partition coefficient (Wildman–Crippen LogP) is 5.74. The quantitative estimate of drug-likeness (QED) is 0.531. The van der Waals surface area contributed by atoms with Crippen molar-refractivity contribution in [3.63, 3.8) is 0 Å². The first-order valence-corrected chi connectivity index (χ1v) is 9.59. The second-order valence-corrected chi connectivity index (χ2v) is 7.84. The molecule has 0 saturated heterocycles. The van der Waals surface area contributed by atoms with Gasteiger partial charge in [0, 0.05) is 10.6 Å². The minimum absolute atomic E-state index is 0.0676. The van der Waals surface area contributed by atoms with Gasteiger partial charge in [-0.3, -0.25) is 0 Å². The Balaban J connectivity index is 1.91. The highest BCUT2D eigenvalue weighted by atomic mass is 35.5. The lowest BCUT2D eigenvalue weighted by atomic mass is 10.1. The molecule has 0 aliphatic heterocycles. The molecule has 0 aromatic heterocycles. The van der Waals surface area contributed by atoms with Gasteiger partial charge in [0.1, 0.15) is 4.90 Å². The first-order chi connectivity index (χ1) is 11.9. The molecule has 25 heavy (non-hydrogen) atoms. The fourth-order valence-electron chi connectivity index (χ4n) is 2.30. The average Bonchev–Trinajstić information content (AvgIpc) is 2.57. The zero-order valence-corrected chi connectivity index (χ0v) is 15.6. The number of aryl methyl sites for hydroxylation is 1. The normalized spacial score (nSPS) is 11.3. The highest BCUT2D eigenvalue weighted by Crippen LogP contribution is 2.34. The molecule has 0 bridgehead atoms. The van der Waals surface area contributed by atoms with Gasteiger partial charge in [-0.25, -0.2) is 0 Å². The molecule has 3 aromatic rings. The molecular formula is C19H14Cl2O3S. The van der Waals surface area contributed by atoms with E-state index in [1.54, 1.807) is 30.3 Å². The van der Waals surface area contributed by atoms with Crippen LogP contribution >= 0.6 is 23.2 Å². The van der Waals surface area contributed by atoms with Gasteiger partial charge in [0.05, 0.1) is 5.02 Å². The summed E-state index contributed by atoms with van der Waals surface area (Å²) in [5.74, 6) is 0.0676. The average molecular weight is 393 g/mol. The lowest BCUT2D eigenvalue weighted by Crippen LogP contribution is -2.10. The van der Waals surface area contributed by atoms with Crippen molar-refractivity contribution in [2.45, 2.75) is 11.8 Å². The fraction of sp³-hybridized carbons (Fsp3) is 0.0526. The Labute approximate surface area is 156 Å². The molecule has 0 amide bonds. The summed E-state index contributed by atoms with van der Waals surface area (Å²) < 4.78 is 29.9. The van der Waals surface area contributed by atoms with Crippen molar-refractivity contribution in [1.82, 2.24) is 0 Å². The van der Waals surface area contributed by atoms with Gasteiger partial charge >= 0.3 is 10.1 Å². The lowest BCUT2D eigenvalue weighted by Gasteiger charge is -2.11. The fourth-order valence-corrected chi connectivity index (χ4v) is 3.76. The number of benzene rings is 3. The zero-order chi connectivity index (χ0) is 18.0. The molecule has 3 aromatic carbocycles. The summed E-state index contributed by atoms with van der Waals surface area (Å²) in [4.78, 5) is 0.0735. The van der Waals surface area contributed by atoms with Gasteiger partial charge in [-0.2, -0.15) is 8.42 Å². The van der Waals surface area contributed by atoms with E-state index in [0.29, 0.717) is 5.02 Å². The molecule has 0 unspecified atom stereocenters. The SMILES string of the molecule is Cc1ccc(S(=O)(=O)Oc2ccc(-c3ccccc3Cl)cc2Cl)cc1. The molecule has 3 rings (SSSR count). The topological polar surface area (TPSA) is 43.4 Å². The van der Waals surface area contributed by atoms with E-state index in [2.05, 4.69) is 0 Å². The second-order valence-electron chi connectivity index (χ2n) is 5.48. The first-order valence-electron chi connectivity index (χ1n) is 7.42. The summed E-state index contributed by atoms with van der Waals surface area (Å²) in [5.41, 5.74) is 2.54. The van der Waals surface area contributed by atoms with Crippen LogP contribution in [0.5, 0.6) is 5.75 Å². The van der Waals surface area contributed by atoms with Crippen LogP contribution in [0.3, 0.4) is 0 Å². The maximum Gasteiger partial charge on any atom is 0.339 e. The molecule has 0 spiro atoms. The Morgan fingerprint density at radius 2 is 1.52 bits per heavy atom. The Kier molecular flexibility index (Phi) is 5.04. The number of rotatable bonds is 4. The van der Waals surface area contributed by atoms with Gasteiger partial charge in [0.15, 0.2) is 5.75 Å². The molecule has 3 nitrogen and oxygen atoms in total.